The van der Waals surface area contributed by atoms with Gasteiger partial charge < -0.3 is 15.5 Å². The highest BCUT2D eigenvalue weighted by molar-refractivity contribution is 5.85. The highest BCUT2D eigenvalue weighted by atomic mass is 16.4. The molecule has 0 aromatic rings. The number of aliphatic carboxylic acids is 1. The van der Waals surface area contributed by atoms with Gasteiger partial charge in [-0.1, -0.05) is 6.92 Å². The molecule has 3 N–H and O–H groups in total. The number of carbonyl (C=O) groups excluding carboxylic acids is 1. The van der Waals surface area contributed by atoms with Crippen molar-refractivity contribution in [2.75, 3.05) is 6.54 Å². The van der Waals surface area contributed by atoms with Crippen LogP contribution in [0.25, 0.3) is 0 Å². The van der Waals surface area contributed by atoms with Gasteiger partial charge in [-0.05, 0) is 37.5 Å². The first-order chi connectivity index (χ1) is 8.49. The van der Waals surface area contributed by atoms with Crippen LogP contribution in [0.4, 0.5) is 0 Å². The Hall–Kier alpha value is -1.10. The van der Waals surface area contributed by atoms with E-state index in [0.717, 1.165) is 12.8 Å². The van der Waals surface area contributed by atoms with Crippen LogP contribution in [-0.4, -0.2) is 34.7 Å². The fourth-order valence-corrected chi connectivity index (χ4v) is 2.84. The molecule has 0 radical (unpaired) electrons. The van der Waals surface area contributed by atoms with Gasteiger partial charge in [-0.2, -0.15) is 0 Å². The molecule has 0 spiro atoms. The third-order valence-electron chi connectivity index (χ3n) is 4.10. The topological polar surface area (TPSA) is 86.6 Å². The van der Waals surface area contributed by atoms with Crippen molar-refractivity contribution in [3.05, 3.63) is 0 Å². The molecule has 0 aromatic heterocycles. The number of hydrogen-bond acceptors (Lipinski definition) is 3. The van der Waals surface area contributed by atoms with Crippen molar-refractivity contribution < 1.29 is 19.8 Å². The van der Waals surface area contributed by atoms with Crippen molar-refractivity contribution in [1.29, 1.82) is 0 Å². The van der Waals surface area contributed by atoms with E-state index in [1.165, 1.54) is 0 Å². The van der Waals surface area contributed by atoms with Crippen molar-refractivity contribution in [1.82, 2.24) is 5.32 Å². The first-order valence-electron chi connectivity index (χ1n) is 6.67. The second-order valence-corrected chi connectivity index (χ2v) is 5.78. The van der Waals surface area contributed by atoms with Gasteiger partial charge in [0, 0.05) is 6.54 Å². The average Bonchev–Trinajstić information content (AvgIpc) is 3.08. The summed E-state index contributed by atoms with van der Waals surface area (Å²) in [5, 5.41) is 21.5. The molecule has 0 heterocycles. The summed E-state index contributed by atoms with van der Waals surface area (Å²) < 4.78 is 0. The van der Waals surface area contributed by atoms with Crippen LogP contribution >= 0.6 is 0 Å². The van der Waals surface area contributed by atoms with Crippen molar-refractivity contribution in [3.63, 3.8) is 0 Å². The Morgan fingerprint density at radius 1 is 1.28 bits per heavy atom. The SMILES string of the molecule is CC1C[C@H](C(=O)NCC(O)C2CC2)[C@H](C(=O)O)C1. The van der Waals surface area contributed by atoms with Crippen molar-refractivity contribution in [2.24, 2.45) is 23.7 Å². The lowest BCUT2D eigenvalue weighted by atomic mass is 9.95. The number of carboxylic acids is 1. The lowest BCUT2D eigenvalue weighted by Gasteiger charge is -2.17. The van der Waals surface area contributed by atoms with E-state index in [0.29, 0.717) is 18.8 Å². The third kappa shape index (κ3) is 3.02. The quantitative estimate of drug-likeness (QED) is 0.672. The molecule has 0 saturated heterocycles. The van der Waals surface area contributed by atoms with Crippen molar-refractivity contribution in [3.8, 4) is 0 Å². The predicted octanol–water partition coefficient (Wildman–Crippen LogP) is 0.620. The van der Waals surface area contributed by atoms with Gasteiger partial charge in [-0.25, -0.2) is 0 Å². The van der Waals surface area contributed by atoms with Crippen LogP contribution in [0.3, 0.4) is 0 Å². The molecular weight excluding hydrogens is 234 g/mol. The van der Waals surface area contributed by atoms with E-state index in [1.807, 2.05) is 6.92 Å². The molecule has 2 rings (SSSR count). The Balaban J connectivity index is 1.84. The van der Waals surface area contributed by atoms with Gasteiger partial charge in [0.1, 0.15) is 0 Å². The molecular formula is C13H21NO4. The largest absolute Gasteiger partial charge is 0.481 e. The Kier molecular flexibility index (Phi) is 3.90. The minimum absolute atomic E-state index is 0.216. The van der Waals surface area contributed by atoms with E-state index < -0.39 is 23.9 Å². The first kappa shape index (κ1) is 13.3. The summed E-state index contributed by atoms with van der Waals surface area (Å²) >= 11 is 0. The number of aliphatic hydroxyl groups excluding tert-OH is 1. The average molecular weight is 255 g/mol. The molecule has 2 fully saturated rings. The Labute approximate surface area is 107 Å². The Morgan fingerprint density at radius 2 is 1.89 bits per heavy atom. The number of hydrogen-bond donors (Lipinski definition) is 3. The Bertz CT molecular complexity index is 340. The molecule has 18 heavy (non-hydrogen) atoms. The minimum Gasteiger partial charge on any atom is -0.481 e. The monoisotopic (exact) mass is 255 g/mol. The van der Waals surface area contributed by atoms with Crippen LogP contribution < -0.4 is 5.32 Å². The summed E-state index contributed by atoms with van der Waals surface area (Å²) in [6, 6.07) is 0. The summed E-state index contributed by atoms with van der Waals surface area (Å²) in [7, 11) is 0. The number of amides is 1. The molecule has 5 heteroatoms. The van der Waals surface area contributed by atoms with Crippen molar-refractivity contribution in [2.45, 2.75) is 38.7 Å². The molecule has 0 bridgehead atoms. The number of rotatable bonds is 5. The maximum atomic E-state index is 12.0. The van der Waals surface area contributed by atoms with Crippen LogP contribution in [0.15, 0.2) is 0 Å². The third-order valence-corrected chi connectivity index (χ3v) is 4.10. The van der Waals surface area contributed by atoms with Crippen LogP contribution in [0.2, 0.25) is 0 Å². The van der Waals surface area contributed by atoms with Gasteiger partial charge in [-0.3, -0.25) is 9.59 Å². The minimum atomic E-state index is -0.887. The second kappa shape index (κ2) is 5.26. The molecule has 4 atom stereocenters. The lowest BCUT2D eigenvalue weighted by Crippen LogP contribution is -2.39. The molecule has 2 saturated carbocycles. The van der Waals surface area contributed by atoms with Gasteiger partial charge in [0.15, 0.2) is 0 Å². The van der Waals surface area contributed by atoms with Crippen LogP contribution in [-0.2, 0) is 9.59 Å². The summed E-state index contributed by atoms with van der Waals surface area (Å²) in [5.41, 5.74) is 0. The van der Waals surface area contributed by atoms with E-state index in [4.69, 9.17) is 5.11 Å². The summed E-state index contributed by atoms with van der Waals surface area (Å²) in [6.45, 7) is 2.23. The molecule has 2 unspecified atom stereocenters. The van der Waals surface area contributed by atoms with Crippen LogP contribution in [0, 0.1) is 23.7 Å². The van der Waals surface area contributed by atoms with Gasteiger partial charge in [0.2, 0.25) is 5.91 Å². The number of carboxylic acid groups (broad SMARTS) is 1. The summed E-state index contributed by atoms with van der Waals surface area (Å²) in [5.74, 6) is -1.52. The fraction of sp³-hybridized carbons (Fsp3) is 0.846. The number of carbonyl (C=O) groups is 2. The smallest absolute Gasteiger partial charge is 0.307 e. The summed E-state index contributed by atoms with van der Waals surface area (Å²) in [6.07, 6.45) is 2.77. The second-order valence-electron chi connectivity index (χ2n) is 5.78. The molecule has 5 nitrogen and oxygen atoms in total. The van der Waals surface area contributed by atoms with E-state index in [9.17, 15) is 14.7 Å². The van der Waals surface area contributed by atoms with E-state index in [-0.39, 0.29) is 18.4 Å². The fourth-order valence-electron chi connectivity index (χ4n) is 2.84. The molecule has 0 aromatic carbocycles. The van der Waals surface area contributed by atoms with Crippen LogP contribution in [0.5, 0.6) is 0 Å². The number of nitrogens with one attached hydrogen (secondary N) is 1. The molecule has 0 aliphatic heterocycles. The maximum absolute atomic E-state index is 12.0. The normalized spacial score (nSPS) is 33.1. The zero-order valence-corrected chi connectivity index (χ0v) is 10.6. The van der Waals surface area contributed by atoms with Gasteiger partial charge in [0.05, 0.1) is 17.9 Å². The van der Waals surface area contributed by atoms with E-state index in [2.05, 4.69) is 5.32 Å². The van der Waals surface area contributed by atoms with Crippen molar-refractivity contribution >= 4 is 11.9 Å². The van der Waals surface area contributed by atoms with Gasteiger partial charge >= 0.3 is 5.97 Å². The first-order valence-corrected chi connectivity index (χ1v) is 6.67. The highest BCUT2D eigenvalue weighted by Crippen LogP contribution is 2.36. The van der Waals surface area contributed by atoms with E-state index >= 15 is 0 Å². The molecule has 1 amide bonds. The molecule has 2 aliphatic rings. The lowest BCUT2D eigenvalue weighted by molar-refractivity contribution is -0.146. The zero-order chi connectivity index (χ0) is 13.3. The highest BCUT2D eigenvalue weighted by Gasteiger charge is 2.41. The zero-order valence-electron chi connectivity index (χ0n) is 10.6. The summed E-state index contributed by atoms with van der Waals surface area (Å²) in [4.78, 5) is 23.1. The van der Waals surface area contributed by atoms with E-state index in [1.54, 1.807) is 0 Å². The number of aliphatic hydroxyl groups is 1. The molecule has 2 aliphatic carbocycles. The maximum Gasteiger partial charge on any atom is 0.307 e. The van der Waals surface area contributed by atoms with Gasteiger partial charge in [0.25, 0.3) is 0 Å². The molecule has 102 valence electrons. The van der Waals surface area contributed by atoms with Gasteiger partial charge in [-0.15, -0.1) is 0 Å². The standard InChI is InChI=1S/C13H21NO4/c1-7-4-9(10(5-7)13(17)18)12(16)14-6-11(15)8-2-3-8/h7-11,15H,2-6H2,1H3,(H,14,16)(H,17,18)/t7?,9-,10+,11?/m0/s1. The van der Waals surface area contributed by atoms with Crippen LogP contribution in [0.1, 0.15) is 32.6 Å². The predicted molar refractivity (Wildman–Crippen MR) is 64.8 cm³/mol. The Morgan fingerprint density at radius 3 is 2.44 bits per heavy atom.